The molecule has 2 aromatic carbocycles. The normalized spacial score (nSPS) is 19.9. The number of piperidine rings is 1. The van der Waals surface area contributed by atoms with Gasteiger partial charge in [0.05, 0.1) is 16.5 Å². The molecule has 0 saturated carbocycles. The Hall–Kier alpha value is -2.97. The van der Waals surface area contributed by atoms with Crippen LogP contribution in [0.25, 0.3) is 22.3 Å². The van der Waals surface area contributed by atoms with Crippen molar-refractivity contribution in [3.8, 4) is 11.4 Å². The largest absolute Gasteiger partial charge is 0.367 e. The van der Waals surface area contributed by atoms with Gasteiger partial charge < -0.3 is 15.1 Å². The highest BCUT2D eigenvalue weighted by Crippen LogP contribution is 2.30. The molecule has 7 nitrogen and oxygen atoms in total. The SMILES string of the molecule is CC(C)NC(=O)Cn1c(-c2cc(Cl)ccc2F)nc2ccc(N3CCN4CCC3CC4)cc2c1=O. The van der Waals surface area contributed by atoms with Crippen LogP contribution in [0, 0.1) is 5.82 Å². The van der Waals surface area contributed by atoms with Crippen molar-refractivity contribution in [1.29, 1.82) is 0 Å². The van der Waals surface area contributed by atoms with Crippen molar-refractivity contribution in [1.82, 2.24) is 19.8 Å². The molecule has 3 aromatic rings. The number of fused-ring (bicyclic) bond motifs is 5. The Morgan fingerprint density at radius 1 is 1.14 bits per heavy atom. The van der Waals surface area contributed by atoms with Crippen LogP contribution in [0.2, 0.25) is 5.02 Å². The molecular weight excluding hydrogens is 469 g/mol. The molecule has 2 bridgehead atoms. The fourth-order valence-electron chi connectivity index (χ4n) is 5.15. The summed E-state index contributed by atoms with van der Waals surface area (Å²) in [6.07, 6.45) is 2.20. The summed E-state index contributed by atoms with van der Waals surface area (Å²) < 4.78 is 16.1. The van der Waals surface area contributed by atoms with Crippen LogP contribution < -0.4 is 15.8 Å². The van der Waals surface area contributed by atoms with Crippen LogP contribution in [0.5, 0.6) is 0 Å². The first-order chi connectivity index (χ1) is 16.8. The van der Waals surface area contributed by atoms with E-state index in [1.807, 2.05) is 32.0 Å². The minimum atomic E-state index is -0.564. The lowest BCUT2D eigenvalue weighted by atomic mass is 10.0. The molecule has 184 valence electrons. The quantitative estimate of drug-likeness (QED) is 0.582. The zero-order valence-corrected chi connectivity index (χ0v) is 20.7. The van der Waals surface area contributed by atoms with Crippen LogP contribution in [-0.4, -0.2) is 58.6 Å². The number of carbonyl (C=O) groups excluding carboxylic acids is 1. The summed E-state index contributed by atoms with van der Waals surface area (Å²) in [5, 5.41) is 3.52. The van der Waals surface area contributed by atoms with Crippen molar-refractivity contribution in [2.75, 3.05) is 31.1 Å². The number of amides is 1. The fraction of sp³-hybridized carbons (Fsp3) is 0.423. The molecule has 9 heteroatoms. The van der Waals surface area contributed by atoms with Gasteiger partial charge in [-0.25, -0.2) is 9.37 Å². The maximum Gasteiger partial charge on any atom is 0.262 e. The standard InChI is InChI=1S/C26H29ClFN5O2/c1-16(2)29-24(34)15-33-25(20-13-17(27)3-5-22(20)28)30-23-6-4-19(14-21(23)26(33)35)32-12-11-31-9-7-18(32)8-10-31/h3-6,13-14,16,18H,7-12,15H2,1-2H3,(H,29,34). The number of nitrogens with zero attached hydrogens (tertiary/aromatic N) is 4. The van der Waals surface area contributed by atoms with Gasteiger partial charge >= 0.3 is 0 Å². The van der Waals surface area contributed by atoms with Crippen LogP contribution in [0.4, 0.5) is 10.1 Å². The van der Waals surface area contributed by atoms with E-state index >= 15 is 0 Å². The zero-order chi connectivity index (χ0) is 24.7. The first kappa shape index (κ1) is 23.8. The molecule has 0 radical (unpaired) electrons. The Balaban J connectivity index is 1.64. The van der Waals surface area contributed by atoms with Crippen LogP contribution >= 0.6 is 11.6 Å². The van der Waals surface area contributed by atoms with E-state index in [0.29, 0.717) is 22.0 Å². The van der Waals surface area contributed by atoms with Crippen LogP contribution in [-0.2, 0) is 11.3 Å². The van der Waals surface area contributed by atoms with E-state index in [-0.39, 0.29) is 35.4 Å². The Kier molecular flexibility index (Phi) is 6.51. The molecule has 4 heterocycles. The van der Waals surface area contributed by atoms with Gasteiger partial charge in [-0.2, -0.15) is 0 Å². The predicted octanol–water partition coefficient (Wildman–Crippen LogP) is 3.67. The van der Waals surface area contributed by atoms with Crippen molar-refractivity contribution in [2.24, 2.45) is 0 Å². The van der Waals surface area contributed by atoms with Gasteiger partial charge in [-0.3, -0.25) is 14.2 Å². The zero-order valence-electron chi connectivity index (χ0n) is 19.9. The first-order valence-corrected chi connectivity index (χ1v) is 12.5. The third-order valence-electron chi connectivity index (χ3n) is 6.85. The molecule has 1 amide bonds. The molecule has 3 saturated heterocycles. The summed E-state index contributed by atoms with van der Waals surface area (Å²) in [5.74, 6) is -0.831. The molecule has 1 N–H and O–H groups in total. The predicted molar refractivity (Wildman–Crippen MR) is 136 cm³/mol. The second-order valence-corrected chi connectivity index (χ2v) is 10.1. The van der Waals surface area contributed by atoms with E-state index in [0.717, 1.165) is 44.7 Å². The summed E-state index contributed by atoms with van der Waals surface area (Å²) >= 11 is 6.13. The average Bonchev–Trinajstić information content (AvgIpc) is 3.16. The van der Waals surface area contributed by atoms with Crippen molar-refractivity contribution in [2.45, 2.75) is 45.3 Å². The summed E-state index contributed by atoms with van der Waals surface area (Å²) in [6.45, 7) is 7.51. The fourth-order valence-corrected chi connectivity index (χ4v) is 5.32. The van der Waals surface area contributed by atoms with E-state index in [2.05, 4.69) is 20.1 Å². The monoisotopic (exact) mass is 497 g/mol. The minimum Gasteiger partial charge on any atom is -0.367 e. The number of nitrogens with one attached hydrogen (secondary N) is 1. The lowest BCUT2D eigenvalue weighted by molar-refractivity contribution is -0.122. The van der Waals surface area contributed by atoms with Gasteiger partial charge in [0.25, 0.3) is 5.56 Å². The van der Waals surface area contributed by atoms with E-state index in [9.17, 15) is 14.0 Å². The van der Waals surface area contributed by atoms with E-state index in [1.54, 1.807) is 0 Å². The number of anilines is 1. The van der Waals surface area contributed by atoms with Crippen molar-refractivity contribution in [3.63, 3.8) is 0 Å². The molecule has 35 heavy (non-hydrogen) atoms. The molecule has 1 aromatic heterocycles. The van der Waals surface area contributed by atoms with Crippen LogP contribution in [0.15, 0.2) is 41.2 Å². The third-order valence-corrected chi connectivity index (χ3v) is 7.08. The lowest BCUT2D eigenvalue weighted by Gasteiger charge is -2.33. The number of hydrogen-bond donors (Lipinski definition) is 1. The van der Waals surface area contributed by atoms with Crippen LogP contribution in [0.1, 0.15) is 26.7 Å². The molecular formula is C26H29ClFN5O2. The van der Waals surface area contributed by atoms with Crippen molar-refractivity contribution >= 4 is 34.1 Å². The highest BCUT2D eigenvalue weighted by Gasteiger charge is 2.29. The number of carbonyl (C=O) groups is 1. The Morgan fingerprint density at radius 3 is 2.66 bits per heavy atom. The summed E-state index contributed by atoms with van der Waals surface area (Å²) in [6, 6.07) is 10.1. The Bertz CT molecular complexity index is 1330. The van der Waals surface area contributed by atoms with E-state index < -0.39 is 5.82 Å². The third kappa shape index (κ3) is 4.77. The second kappa shape index (κ2) is 9.59. The number of rotatable bonds is 5. The van der Waals surface area contributed by atoms with Gasteiger partial charge in [0.2, 0.25) is 5.91 Å². The van der Waals surface area contributed by atoms with Gasteiger partial charge in [0, 0.05) is 49.0 Å². The first-order valence-electron chi connectivity index (χ1n) is 12.1. The number of benzene rings is 2. The molecule has 0 atom stereocenters. The lowest BCUT2D eigenvalue weighted by Crippen LogP contribution is -2.38. The van der Waals surface area contributed by atoms with Gasteiger partial charge in [0.15, 0.2) is 0 Å². The minimum absolute atomic E-state index is 0.0790. The summed E-state index contributed by atoms with van der Waals surface area (Å²) in [5.41, 5.74) is 1.13. The number of halogens is 2. The van der Waals surface area contributed by atoms with Gasteiger partial charge in [-0.1, -0.05) is 11.6 Å². The Labute approximate surface area is 208 Å². The topological polar surface area (TPSA) is 70.5 Å². The summed E-state index contributed by atoms with van der Waals surface area (Å²) in [7, 11) is 0. The summed E-state index contributed by atoms with van der Waals surface area (Å²) in [4.78, 5) is 35.9. The molecule has 3 fully saturated rings. The molecule has 0 unspecified atom stereocenters. The Morgan fingerprint density at radius 2 is 1.91 bits per heavy atom. The molecule has 0 spiro atoms. The van der Waals surface area contributed by atoms with Crippen LogP contribution in [0.3, 0.4) is 0 Å². The highest BCUT2D eigenvalue weighted by molar-refractivity contribution is 6.30. The van der Waals surface area contributed by atoms with Crippen molar-refractivity contribution in [3.05, 3.63) is 57.6 Å². The number of hydrogen-bond acceptors (Lipinski definition) is 5. The molecule has 3 aliphatic heterocycles. The second-order valence-electron chi connectivity index (χ2n) is 9.64. The van der Waals surface area contributed by atoms with Gasteiger partial charge in [-0.05, 0) is 63.1 Å². The van der Waals surface area contributed by atoms with Crippen molar-refractivity contribution < 1.29 is 9.18 Å². The molecule has 3 aliphatic rings. The van der Waals surface area contributed by atoms with Gasteiger partial charge in [0.1, 0.15) is 18.2 Å². The highest BCUT2D eigenvalue weighted by atomic mass is 35.5. The molecule has 6 rings (SSSR count). The van der Waals surface area contributed by atoms with Gasteiger partial charge in [-0.15, -0.1) is 0 Å². The smallest absolute Gasteiger partial charge is 0.262 e. The van der Waals surface area contributed by atoms with E-state index in [4.69, 9.17) is 11.6 Å². The maximum absolute atomic E-state index is 14.8. The molecule has 0 aliphatic carbocycles. The number of aromatic nitrogens is 2. The maximum atomic E-state index is 14.8. The average molecular weight is 498 g/mol. The van der Waals surface area contributed by atoms with E-state index in [1.165, 1.54) is 22.8 Å².